The lowest BCUT2D eigenvalue weighted by Crippen LogP contribution is -2.25. The predicted molar refractivity (Wildman–Crippen MR) is 111 cm³/mol. The van der Waals surface area contributed by atoms with Crippen molar-refractivity contribution < 1.29 is 14.6 Å². The number of carbonyl (C=O) groups is 1. The fourth-order valence-electron chi connectivity index (χ4n) is 3.06. The zero-order chi connectivity index (χ0) is 20.4. The number of carbonyl (C=O) groups excluding carboxylic acids is 1. The number of ether oxygens (including phenoxy) is 1. The number of allylic oxidation sites excluding steroid dienone is 1. The van der Waals surface area contributed by atoms with Crippen LogP contribution in [0.5, 0.6) is 11.6 Å². The number of nitrogens with one attached hydrogen (secondary N) is 2. The van der Waals surface area contributed by atoms with E-state index in [1.165, 1.54) is 0 Å². The Bertz CT molecular complexity index is 1190. The van der Waals surface area contributed by atoms with Gasteiger partial charge in [0.2, 0.25) is 11.8 Å². The van der Waals surface area contributed by atoms with Crippen LogP contribution >= 0.6 is 0 Å². The molecule has 29 heavy (non-hydrogen) atoms. The molecule has 0 unspecified atom stereocenters. The highest BCUT2D eigenvalue weighted by atomic mass is 16.5. The number of aromatic amines is 1. The minimum Gasteiger partial charge on any atom is -0.497 e. The number of aromatic hydroxyl groups is 1. The van der Waals surface area contributed by atoms with Crippen LogP contribution in [0.4, 0.5) is 11.4 Å². The van der Waals surface area contributed by atoms with Crippen molar-refractivity contribution in [3.8, 4) is 11.6 Å². The van der Waals surface area contributed by atoms with Crippen LogP contribution in [0, 0.1) is 0 Å². The second kappa shape index (κ2) is 7.51. The second-order valence-electron chi connectivity index (χ2n) is 6.41. The van der Waals surface area contributed by atoms with Crippen LogP contribution < -0.4 is 15.7 Å². The third-order valence-electron chi connectivity index (χ3n) is 4.52. The average Bonchev–Trinajstić information content (AvgIpc) is 3.25. The molecule has 146 valence electrons. The van der Waals surface area contributed by atoms with Crippen molar-refractivity contribution in [2.75, 3.05) is 12.4 Å². The number of imidazole rings is 1. The van der Waals surface area contributed by atoms with Crippen molar-refractivity contribution in [2.45, 2.75) is 6.54 Å². The number of fused-ring (bicyclic) bond motifs is 1. The molecule has 0 saturated heterocycles. The molecule has 3 N–H and O–H groups in total. The van der Waals surface area contributed by atoms with Gasteiger partial charge >= 0.3 is 5.69 Å². The Labute approximate surface area is 165 Å². The van der Waals surface area contributed by atoms with Crippen LogP contribution in [0.1, 0.15) is 11.3 Å². The van der Waals surface area contributed by atoms with Gasteiger partial charge in [0.1, 0.15) is 18.0 Å². The molecule has 0 bridgehead atoms. The maximum absolute atomic E-state index is 12.3. The molecule has 0 fully saturated rings. The molecule has 1 aromatic heterocycles. The summed E-state index contributed by atoms with van der Waals surface area (Å²) in [6, 6.07) is 14.3. The number of rotatable bonds is 5. The SMILES string of the molecule is COc1ccc(NC(=O)Cn2c(O)c(/C=C3\C=Nc4ccccc43)[nH]c2=O)cc1. The highest BCUT2D eigenvalue weighted by Gasteiger charge is 2.17. The topological polar surface area (TPSA) is 109 Å². The van der Waals surface area contributed by atoms with Gasteiger partial charge in [-0.3, -0.25) is 14.4 Å². The Morgan fingerprint density at radius 2 is 2.00 bits per heavy atom. The summed E-state index contributed by atoms with van der Waals surface area (Å²) in [5.74, 6) is -0.0964. The van der Waals surface area contributed by atoms with Crippen LogP contribution in [-0.2, 0) is 11.3 Å². The number of amides is 1. The van der Waals surface area contributed by atoms with Crippen molar-refractivity contribution in [2.24, 2.45) is 4.99 Å². The third-order valence-corrected chi connectivity index (χ3v) is 4.52. The van der Waals surface area contributed by atoms with E-state index in [0.717, 1.165) is 21.4 Å². The summed E-state index contributed by atoms with van der Waals surface area (Å²) in [4.78, 5) is 31.4. The number of nitrogens with zero attached hydrogens (tertiary/aromatic N) is 2. The maximum Gasteiger partial charge on any atom is 0.329 e. The van der Waals surface area contributed by atoms with E-state index < -0.39 is 11.6 Å². The van der Waals surface area contributed by atoms with Gasteiger partial charge in [-0.25, -0.2) is 4.79 Å². The number of aliphatic imine (C=N–C) groups is 1. The summed E-state index contributed by atoms with van der Waals surface area (Å²) in [6.45, 7) is -0.332. The molecule has 1 amide bonds. The van der Waals surface area contributed by atoms with Crippen molar-refractivity contribution in [3.05, 3.63) is 70.3 Å². The fraction of sp³-hybridized carbons (Fsp3) is 0.0952. The van der Waals surface area contributed by atoms with Crippen LogP contribution in [0.2, 0.25) is 0 Å². The number of H-pyrrole nitrogens is 1. The van der Waals surface area contributed by atoms with Crippen LogP contribution in [-0.4, -0.2) is 33.9 Å². The fourth-order valence-corrected chi connectivity index (χ4v) is 3.06. The van der Waals surface area contributed by atoms with E-state index in [9.17, 15) is 14.7 Å². The standard InChI is InChI=1S/C21H18N4O4/c1-29-15-8-6-14(7-9-15)23-19(26)12-25-20(27)18(24-21(25)28)10-13-11-22-17-5-3-2-4-16(13)17/h2-11,27H,12H2,1H3,(H,23,26)(H,24,28)/b13-10+. The molecule has 0 radical (unpaired) electrons. The average molecular weight is 390 g/mol. The molecule has 0 atom stereocenters. The van der Waals surface area contributed by atoms with E-state index in [-0.39, 0.29) is 18.1 Å². The van der Waals surface area contributed by atoms with E-state index in [0.29, 0.717) is 11.4 Å². The molecule has 2 aromatic carbocycles. The minimum atomic E-state index is -0.581. The van der Waals surface area contributed by atoms with Gasteiger partial charge in [-0.15, -0.1) is 0 Å². The predicted octanol–water partition coefficient (Wildman–Crippen LogP) is 2.79. The minimum absolute atomic E-state index is 0.213. The number of anilines is 1. The number of benzene rings is 2. The second-order valence-corrected chi connectivity index (χ2v) is 6.41. The molecule has 4 rings (SSSR count). The Hall–Kier alpha value is -4.07. The van der Waals surface area contributed by atoms with E-state index in [1.54, 1.807) is 43.7 Å². The van der Waals surface area contributed by atoms with Gasteiger partial charge < -0.3 is 20.1 Å². The van der Waals surface area contributed by atoms with Gasteiger partial charge in [0.15, 0.2) is 0 Å². The number of methoxy groups -OCH3 is 1. The zero-order valence-corrected chi connectivity index (χ0v) is 15.5. The van der Waals surface area contributed by atoms with Gasteiger partial charge in [0.25, 0.3) is 0 Å². The van der Waals surface area contributed by atoms with E-state index in [4.69, 9.17) is 4.74 Å². The number of para-hydroxylation sites is 1. The largest absolute Gasteiger partial charge is 0.497 e. The molecule has 0 spiro atoms. The highest BCUT2D eigenvalue weighted by molar-refractivity contribution is 6.21. The Morgan fingerprint density at radius 1 is 1.24 bits per heavy atom. The lowest BCUT2D eigenvalue weighted by Gasteiger charge is -2.07. The van der Waals surface area contributed by atoms with E-state index in [1.807, 2.05) is 24.3 Å². The molecule has 8 nitrogen and oxygen atoms in total. The van der Waals surface area contributed by atoms with Gasteiger partial charge in [-0.1, -0.05) is 18.2 Å². The van der Waals surface area contributed by atoms with Crippen molar-refractivity contribution >= 4 is 35.1 Å². The summed E-state index contributed by atoms with van der Waals surface area (Å²) in [5, 5.41) is 13.1. The first-order chi connectivity index (χ1) is 14.0. The lowest BCUT2D eigenvalue weighted by atomic mass is 10.1. The Balaban J connectivity index is 1.53. The molecule has 0 aliphatic carbocycles. The summed E-state index contributed by atoms with van der Waals surface area (Å²) in [6.07, 6.45) is 3.29. The van der Waals surface area contributed by atoms with E-state index in [2.05, 4.69) is 15.3 Å². The third kappa shape index (κ3) is 3.68. The summed E-state index contributed by atoms with van der Waals surface area (Å²) < 4.78 is 6.05. The normalized spacial score (nSPS) is 13.5. The van der Waals surface area contributed by atoms with Crippen LogP contribution in [0.15, 0.2) is 58.3 Å². The highest BCUT2D eigenvalue weighted by Crippen LogP contribution is 2.32. The van der Waals surface area contributed by atoms with Crippen molar-refractivity contribution in [3.63, 3.8) is 0 Å². The van der Waals surface area contributed by atoms with Gasteiger partial charge in [-0.05, 0) is 36.4 Å². The lowest BCUT2D eigenvalue weighted by molar-refractivity contribution is -0.116. The number of hydrogen-bond acceptors (Lipinski definition) is 5. The zero-order valence-electron chi connectivity index (χ0n) is 15.5. The smallest absolute Gasteiger partial charge is 0.329 e. The number of aromatic nitrogens is 2. The first-order valence-corrected chi connectivity index (χ1v) is 8.86. The Kier molecular flexibility index (Phi) is 4.74. The molecule has 3 aromatic rings. The number of hydrogen-bond donors (Lipinski definition) is 3. The summed E-state index contributed by atoms with van der Waals surface area (Å²) in [5.41, 5.74) is 2.66. The molecule has 0 saturated carbocycles. The maximum atomic E-state index is 12.3. The van der Waals surface area contributed by atoms with Crippen molar-refractivity contribution in [1.29, 1.82) is 0 Å². The van der Waals surface area contributed by atoms with Gasteiger partial charge in [-0.2, -0.15) is 0 Å². The first-order valence-electron chi connectivity index (χ1n) is 8.86. The monoisotopic (exact) mass is 390 g/mol. The summed E-state index contributed by atoms with van der Waals surface area (Å²) in [7, 11) is 1.55. The molecule has 8 heteroatoms. The molecular formula is C21H18N4O4. The van der Waals surface area contributed by atoms with Crippen molar-refractivity contribution in [1.82, 2.24) is 9.55 Å². The van der Waals surface area contributed by atoms with Crippen LogP contribution in [0.3, 0.4) is 0 Å². The molecule has 1 aliphatic heterocycles. The summed E-state index contributed by atoms with van der Waals surface area (Å²) >= 11 is 0. The van der Waals surface area contributed by atoms with Crippen LogP contribution in [0.25, 0.3) is 11.6 Å². The molecular weight excluding hydrogens is 372 g/mol. The quantitative estimate of drug-likeness (QED) is 0.622. The molecule has 2 heterocycles. The Morgan fingerprint density at radius 3 is 2.76 bits per heavy atom. The van der Waals surface area contributed by atoms with Gasteiger partial charge in [0, 0.05) is 23.0 Å². The molecule has 1 aliphatic rings. The first kappa shape index (κ1) is 18.3. The van der Waals surface area contributed by atoms with Gasteiger partial charge in [0.05, 0.1) is 12.8 Å². The van der Waals surface area contributed by atoms with E-state index >= 15 is 0 Å².